The fourth-order valence-electron chi connectivity index (χ4n) is 1.16. The van der Waals surface area contributed by atoms with E-state index in [-0.39, 0.29) is 51.4 Å². The summed E-state index contributed by atoms with van der Waals surface area (Å²) >= 11 is 0. The average Bonchev–Trinajstić information content (AvgIpc) is 2.18. The van der Waals surface area contributed by atoms with Crippen LogP contribution < -0.4 is 56.7 Å². The maximum atomic E-state index is 11.9. The molecule has 0 bridgehead atoms. The molecule has 0 aliphatic carbocycles. The SMILES string of the molecule is Cc1ccc(NC(=O)CC[B-](F)(F)F)cc1.[K+]. The second kappa shape index (κ2) is 7.58. The van der Waals surface area contributed by atoms with Gasteiger partial charge in [0.1, 0.15) is 0 Å². The van der Waals surface area contributed by atoms with Crippen LogP contribution >= 0.6 is 0 Å². The maximum Gasteiger partial charge on any atom is 1.00 e. The van der Waals surface area contributed by atoms with E-state index in [1.165, 1.54) is 0 Å². The number of carbonyl (C=O) groups is 1. The first-order valence-corrected chi connectivity index (χ1v) is 4.94. The van der Waals surface area contributed by atoms with Crippen LogP contribution in [0.3, 0.4) is 0 Å². The molecule has 0 atom stereocenters. The van der Waals surface area contributed by atoms with E-state index in [1.807, 2.05) is 6.92 Å². The predicted octanol–water partition coefficient (Wildman–Crippen LogP) is 0.175. The summed E-state index contributed by atoms with van der Waals surface area (Å²) < 4.78 is 35.7. The van der Waals surface area contributed by atoms with Crippen molar-refractivity contribution in [3.05, 3.63) is 29.8 Å². The van der Waals surface area contributed by atoms with Crippen molar-refractivity contribution in [3.63, 3.8) is 0 Å². The number of anilines is 1. The van der Waals surface area contributed by atoms with Crippen LogP contribution in [0.2, 0.25) is 6.32 Å². The third kappa shape index (κ3) is 7.99. The number of benzene rings is 1. The molecule has 88 valence electrons. The van der Waals surface area contributed by atoms with Crippen molar-refractivity contribution in [2.45, 2.75) is 19.7 Å². The molecule has 0 spiro atoms. The Morgan fingerprint density at radius 3 is 2.24 bits per heavy atom. The molecule has 17 heavy (non-hydrogen) atoms. The Kier molecular flexibility index (Phi) is 7.66. The molecule has 1 amide bonds. The number of nitrogens with one attached hydrogen (secondary N) is 1. The van der Waals surface area contributed by atoms with Crippen molar-refractivity contribution in [3.8, 4) is 0 Å². The van der Waals surface area contributed by atoms with Crippen LogP contribution in [0.1, 0.15) is 12.0 Å². The molecule has 0 saturated carbocycles. The van der Waals surface area contributed by atoms with Gasteiger partial charge < -0.3 is 18.3 Å². The van der Waals surface area contributed by atoms with Crippen LogP contribution in [0.15, 0.2) is 24.3 Å². The zero-order chi connectivity index (χ0) is 12.2. The van der Waals surface area contributed by atoms with E-state index >= 15 is 0 Å². The Hall–Kier alpha value is 0.181. The van der Waals surface area contributed by atoms with Crippen LogP contribution in [0.5, 0.6) is 0 Å². The van der Waals surface area contributed by atoms with E-state index in [0.29, 0.717) is 5.69 Å². The van der Waals surface area contributed by atoms with Crippen molar-refractivity contribution in [2.24, 2.45) is 0 Å². The van der Waals surface area contributed by atoms with Crippen molar-refractivity contribution in [2.75, 3.05) is 5.32 Å². The number of amides is 1. The standard InChI is InChI=1S/C10H12BF3NO.K/c1-8-2-4-9(5-3-8)15-10(16)6-7-11(12,13)14;/h2-5H,6-7H2,1H3,(H,15,16);/q-1;+1. The van der Waals surface area contributed by atoms with Gasteiger partial charge in [-0.25, -0.2) is 0 Å². The monoisotopic (exact) mass is 269 g/mol. The van der Waals surface area contributed by atoms with Gasteiger partial charge in [0.05, 0.1) is 0 Å². The van der Waals surface area contributed by atoms with Gasteiger partial charge in [0.15, 0.2) is 0 Å². The second-order valence-electron chi connectivity index (χ2n) is 3.66. The number of rotatable bonds is 4. The van der Waals surface area contributed by atoms with E-state index in [4.69, 9.17) is 0 Å². The van der Waals surface area contributed by atoms with Crippen molar-refractivity contribution in [1.29, 1.82) is 0 Å². The number of hydrogen-bond acceptors (Lipinski definition) is 1. The molecule has 1 rings (SSSR count). The van der Waals surface area contributed by atoms with Crippen LogP contribution in [-0.2, 0) is 4.79 Å². The van der Waals surface area contributed by atoms with Gasteiger partial charge in [0.2, 0.25) is 5.91 Å². The molecular weight excluding hydrogens is 257 g/mol. The first-order valence-electron chi connectivity index (χ1n) is 4.94. The fraction of sp³-hybridized carbons (Fsp3) is 0.300. The molecule has 0 fully saturated rings. The summed E-state index contributed by atoms with van der Waals surface area (Å²) in [4.78, 5) is 11.1. The first kappa shape index (κ1) is 17.2. The summed E-state index contributed by atoms with van der Waals surface area (Å²) in [5, 5.41) is 2.41. The Labute approximate surface area is 141 Å². The molecular formula is C10H12BF3KNO. The third-order valence-corrected chi connectivity index (χ3v) is 2.03. The van der Waals surface area contributed by atoms with Crippen LogP contribution in [0.4, 0.5) is 18.6 Å². The predicted molar refractivity (Wildman–Crippen MR) is 58.3 cm³/mol. The zero-order valence-corrected chi connectivity index (χ0v) is 13.0. The van der Waals surface area contributed by atoms with Crippen LogP contribution in [0, 0.1) is 6.92 Å². The van der Waals surface area contributed by atoms with Gasteiger partial charge in [-0.1, -0.05) is 24.0 Å². The number of aryl methyl sites for hydroxylation is 1. The number of halogens is 3. The van der Waals surface area contributed by atoms with E-state index in [1.54, 1.807) is 24.3 Å². The van der Waals surface area contributed by atoms with Gasteiger partial charge in [0.25, 0.3) is 0 Å². The molecule has 0 saturated heterocycles. The smallest absolute Gasteiger partial charge is 0.449 e. The van der Waals surface area contributed by atoms with Gasteiger partial charge in [0, 0.05) is 12.1 Å². The van der Waals surface area contributed by atoms with Crippen molar-refractivity contribution >= 4 is 18.6 Å². The molecule has 0 aliphatic heterocycles. The minimum atomic E-state index is -4.88. The molecule has 0 aliphatic rings. The van der Waals surface area contributed by atoms with Gasteiger partial charge in [-0.05, 0) is 19.1 Å². The molecule has 2 nitrogen and oxygen atoms in total. The molecule has 0 heterocycles. The molecule has 0 unspecified atom stereocenters. The fourth-order valence-corrected chi connectivity index (χ4v) is 1.16. The average molecular weight is 269 g/mol. The Bertz CT molecular complexity index is 367. The topological polar surface area (TPSA) is 29.1 Å². The first-order chi connectivity index (χ1) is 7.37. The summed E-state index contributed by atoms with van der Waals surface area (Å²) in [7, 11) is 0. The molecule has 1 aromatic rings. The van der Waals surface area contributed by atoms with Gasteiger partial charge >= 0.3 is 58.4 Å². The third-order valence-electron chi connectivity index (χ3n) is 2.03. The van der Waals surface area contributed by atoms with Crippen LogP contribution in [-0.4, -0.2) is 12.9 Å². The minimum absolute atomic E-state index is 0. The number of hydrogen-bond donors (Lipinski definition) is 1. The molecule has 1 N–H and O–H groups in total. The molecule has 7 heteroatoms. The van der Waals surface area contributed by atoms with E-state index in [0.717, 1.165) is 5.56 Å². The minimum Gasteiger partial charge on any atom is -0.449 e. The molecule has 1 aromatic carbocycles. The van der Waals surface area contributed by atoms with Crippen molar-refractivity contribution < 1.29 is 69.1 Å². The van der Waals surface area contributed by atoms with Gasteiger partial charge in [-0.15, -0.1) is 0 Å². The van der Waals surface area contributed by atoms with E-state index < -0.39 is 25.6 Å². The molecule has 0 aromatic heterocycles. The Morgan fingerprint density at radius 1 is 1.24 bits per heavy atom. The summed E-state index contributed by atoms with van der Waals surface area (Å²) in [6.07, 6.45) is -1.55. The van der Waals surface area contributed by atoms with E-state index in [9.17, 15) is 17.7 Å². The van der Waals surface area contributed by atoms with E-state index in [2.05, 4.69) is 5.32 Å². The largest absolute Gasteiger partial charge is 1.00 e. The second-order valence-corrected chi connectivity index (χ2v) is 3.66. The number of carbonyl (C=O) groups excluding carboxylic acids is 1. The van der Waals surface area contributed by atoms with Gasteiger partial charge in [-0.2, -0.15) is 0 Å². The van der Waals surface area contributed by atoms with Crippen molar-refractivity contribution in [1.82, 2.24) is 0 Å². The summed E-state index contributed by atoms with van der Waals surface area (Å²) in [6, 6.07) is 6.88. The zero-order valence-electron chi connectivity index (χ0n) is 9.84. The Morgan fingerprint density at radius 2 is 1.76 bits per heavy atom. The van der Waals surface area contributed by atoms with Crippen LogP contribution in [0.25, 0.3) is 0 Å². The Balaban J connectivity index is 0.00000256. The quantitative estimate of drug-likeness (QED) is 0.776. The summed E-state index contributed by atoms with van der Waals surface area (Å²) in [5.41, 5.74) is 1.54. The molecule has 0 radical (unpaired) electrons. The van der Waals surface area contributed by atoms with Gasteiger partial charge in [-0.3, -0.25) is 4.79 Å². The normalized spacial score (nSPS) is 10.6. The summed E-state index contributed by atoms with van der Waals surface area (Å²) in [5.74, 6) is -0.608. The maximum absolute atomic E-state index is 11.9. The summed E-state index contributed by atoms with van der Waals surface area (Å²) in [6.45, 7) is -2.99.